The average Bonchev–Trinajstić information content (AvgIpc) is 3.27. The van der Waals surface area contributed by atoms with E-state index in [1.807, 2.05) is 6.07 Å². The molecule has 11 heteroatoms. The Kier molecular flexibility index (Phi) is 4.77. The summed E-state index contributed by atoms with van der Waals surface area (Å²) in [4.78, 5) is 39.5. The van der Waals surface area contributed by atoms with Crippen molar-refractivity contribution < 1.29 is 9.53 Å². The van der Waals surface area contributed by atoms with Crippen LogP contribution in [0.15, 0.2) is 54.0 Å². The fourth-order valence-electron chi connectivity index (χ4n) is 4.29. The van der Waals surface area contributed by atoms with Crippen molar-refractivity contribution in [2.75, 3.05) is 17.7 Å². The maximum Gasteiger partial charge on any atom is 0.328 e. The molecule has 172 valence electrons. The first kappa shape index (κ1) is 20.4. The number of anilines is 3. The number of ether oxygens (including phenoxy) is 1. The van der Waals surface area contributed by atoms with E-state index < -0.39 is 0 Å². The second-order valence-corrected chi connectivity index (χ2v) is 8.35. The highest BCUT2D eigenvalue weighted by molar-refractivity contribution is 5.94. The summed E-state index contributed by atoms with van der Waals surface area (Å²) in [5, 5.41) is 9.27. The van der Waals surface area contributed by atoms with Crippen LogP contribution < -0.4 is 21.5 Å². The zero-order valence-corrected chi connectivity index (χ0v) is 18.4. The van der Waals surface area contributed by atoms with Gasteiger partial charge in [-0.1, -0.05) is 0 Å². The fraction of sp³-hybridized carbons (Fsp3) is 0.261. The molecule has 5 heterocycles. The van der Waals surface area contributed by atoms with E-state index in [9.17, 15) is 9.59 Å². The van der Waals surface area contributed by atoms with Crippen LogP contribution >= 0.6 is 0 Å². The van der Waals surface area contributed by atoms with E-state index in [1.165, 1.54) is 10.9 Å². The second-order valence-electron chi connectivity index (χ2n) is 8.35. The van der Waals surface area contributed by atoms with E-state index in [4.69, 9.17) is 4.74 Å². The lowest BCUT2D eigenvalue weighted by molar-refractivity contribution is -0.0324. The summed E-state index contributed by atoms with van der Waals surface area (Å²) < 4.78 is 9.05. The van der Waals surface area contributed by atoms with Crippen molar-refractivity contribution in [1.29, 1.82) is 0 Å². The van der Waals surface area contributed by atoms with Gasteiger partial charge >= 0.3 is 6.03 Å². The van der Waals surface area contributed by atoms with Gasteiger partial charge in [0.25, 0.3) is 5.56 Å². The Hall–Kier alpha value is -4.25. The molecule has 4 aromatic heterocycles. The third kappa shape index (κ3) is 3.37. The molecule has 2 aliphatic rings. The molecule has 0 aromatic carbocycles. The Morgan fingerprint density at radius 2 is 2.12 bits per heavy atom. The molecule has 6 rings (SSSR count). The Morgan fingerprint density at radius 1 is 1.21 bits per heavy atom. The van der Waals surface area contributed by atoms with Crippen LogP contribution in [0.3, 0.4) is 0 Å². The summed E-state index contributed by atoms with van der Waals surface area (Å²) in [7, 11) is 1.77. The molecule has 4 bridgehead atoms. The van der Waals surface area contributed by atoms with Gasteiger partial charge in [-0.15, -0.1) is 0 Å². The summed E-state index contributed by atoms with van der Waals surface area (Å²) in [6, 6.07) is 6.70. The van der Waals surface area contributed by atoms with Gasteiger partial charge in [-0.25, -0.2) is 19.3 Å². The van der Waals surface area contributed by atoms with Gasteiger partial charge in [-0.3, -0.25) is 14.3 Å². The Morgan fingerprint density at radius 3 is 2.88 bits per heavy atom. The van der Waals surface area contributed by atoms with Crippen molar-refractivity contribution >= 4 is 34.4 Å². The summed E-state index contributed by atoms with van der Waals surface area (Å²) in [5.74, 6) is 0.401. The van der Waals surface area contributed by atoms with Gasteiger partial charge in [0.15, 0.2) is 5.65 Å². The van der Waals surface area contributed by atoms with Crippen LogP contribution in [0.4, 0.5) is 22.0 Å². The molecule has 1 saturated carbocycles. The number of fused-ring (bicyclic) bond motifs is 4. The second kappa shape index (κ2) is 7.96. The molecule has 11 nitrogen and oxygen atoms in total. The van der Waals surface area contributed by atoms with Gasteiger partial charge in [0.05, 0.1) is 36.3 Å². The van der Waals surface area contributed by atoms with Gasteiger partial charge < -0.3 is 20.7 Å². The number of imidazole rings is 1. The van der Waals surface area contributed by atoms with Crippen LogP contribution in [0.2, 0.25) is 0 Å². The molecule has 2 atom stereocenters. The molecule has 0 spiro atoms. The van der Waals surface area contributed by atoms with Crippen LogP contribution in [0, 0.1) is 0 Å². The quantitative estimate of drug-likeness (QED) is 0.418. The maximum absolute atomic E-state index is 13.4. The Bertz CT molecular complexity index is 1460. The largest absolute Gasteiger partial charge is 0.386 e. The zero-order valence-electron chi connectivity index (χ0n) is 18.4. The molecule has 4 aromatic rings. The maximum atomic E-state index is 13.4. The van der Waals surface area contributed by atoms with Crippen LogP contribution in [0.1, 0.15) is 18.4 Å². The topological polar surface area (TPSA) is 128 Å². The number of pyridine rings is 3. The molecule has 1 amide bonds. The van der Waals surface area contributed by atoms with Crippen molar-refractivity contribution in [2.45, 2.75) is 31.6 Å². The van der Waals surface area contributed by atoms with Gasteiger partial charge in [-0.05, 0) is 36.6 Å². The minimum Gasteiger partial charge on any atom is -0.386 e. The third-order valence-corrected chi connectivity index (χ3v) is 6.24. The number of aromatic nitrogens is 5. The molecule has 1 fully saturated rings. The predicted octanol–water partition coefficient (Wildman–Crippen LogP) is 2.38. The Balaban J connectivity index is 1.54. The number of hydrogen-bond donors (Lipinski definition) is 3. The van der Waals surface area contributed by atoms with Crippen molar-refractivity contribution in [1.82, 2.24) is 29.4 Å². The van der Waals surface area contributed by atoms with E-state index >= 15 is 0 Å². The fourth-order valence-corrected chi connectivity index (χ4v) is 4.29. The van der Waals surface area contributed by atoms with Gasteiger partial charge in [-0.2, -0.15) is 0 Å². The highest BCUT2D eigenvalue weighted by Gasteiger charge is 2.34. The van der Waals surface area contributed by atoms with E-state index in [0.717, 1.165) is 18.4 Å². The predicted molar refractivity (Wildman–Crippen MR) is 126 cm³/mol. The first-order chi connectivity index (χ1) is 16.6. The van der Waals surface area contributed by atoms with Crippen molar-refractivity contribution in [3.63, 3.8) is 0 Å². The van der Waals surface area contributed by atoms with Crippen LogP contribution in [0.25, 0.3) is 16.9 Å². The molecular weight excluding hydrogens is 436 g/mol. The summed E-state index contributed by atoms with van der Waals surface area (Å²) in [6.45, 7) is 0.289. The first-order valence-corrected chi connectivity index (χ1v) is 11.0. The highest BCUT2D eigenvalue weighted by atomic mass is 16.5. The minimum atomic E-state index is -0.318. The number of amides is 1. The SMILES string of the molecule is CNc1cc2nc3c1ncn3C(=O)N[C@@H]1CC[C@H]1OCc1cc(c(=O)n(-c3cccnc3)c1)N2. The van der Waals surface area contributed by atoms with Crippen LogP contribution in [0.5, 0.6) is 0 Å². The van der Waals surface area contributed by atoms with Gasteiger partial charge in [0, 0.05) is 25.5 Å². The van der Waals surface area contributed by atoms with Crippen molar-refractivity contribution in [2.24, 2.45) is 0 Å². The normalized spacial score (nSPS) is 19.5. The average molecular weight is 458 g/mol. The van der Waals surface area contributed by atoms with Crippen molar-refractivity contribution in [3.8, 4) is 5.69 Å². The lowest BCUT2D eigenvalue weighted by atomic mass is 9.89. The lowest BCUT2D eigenvalue weighted by Gasteiger charge is -2.36. The standard InChI is InChI=1S/C23H22N8O3/c1-24-16-8-19-27-17-7-13(10-30(22(17)32)14-3-2-6-25-9-14)11-34-18-5-4-15(18)28-23(33)31-12-26-20(16)21(31)29-19/h2-3,6-10,12,15,18H,4-5,11H2,1H3,(H,28,33)(H2,24,27,29)/t15-,18-/m1/s1. The number of carbonyl (C=O) groups is 1. The molecule has 34 heavy (non-hydrogen) atoms. The van der Waals surface area contributed by atoms with E-state index in [2.05, 4.69) is 30.9 Å². The number of carbonyl (C=O) groups excluding carboxylic acids is 1. The molecular formula is C23H22N8O3. The number of nitrogens with one attached hydrogen (secondary N) is 3. The van der Waals surface area contributed by atoms with Crippen molar-refractivity contribution in [3.05, 3.63) is 65.1 Å². The summed E-state index contributed by atoms with van der Waals surface area (Å²) >= 11 is 0. The summed E-state index contributed by atoms with van der Waals surface area (Å²) in [5.41, 5.74) is 3.13. The van der Waals surface area contributed by atoms with Gasteiger partial charge in [0.2, 0.25) is 0 Å². The number of hydrogen-bond acceptors (Lipinski definition) is 8. The number of nitrogens with zero attached hydrogens (tertiary/aromatic N) is 5. The Labute approximate surface area is 193 Å². The molecule has 1 aliphatic carbocycles. The molecule has 0 saturated heterocycles. The molecule has 1 aliphatic heterocycles. The zero-order chi connectivity index (χ0) is 23.2. The minimum absolute atomic E-state index is 0.110. The monoisotopic (exact) mass is 458 g/mol. The molecule has 0 unspecified atom stereocenters. The van der Waals surface area contributed by atoms with E-state index in [1.54, 1.807) is 48.4 Å². The van der Waals surface area contributed by atoms with E-state index in [0.29, 0.717) is 34.0 Å². The van der Waals surface area contributed by atoms with Crippen LogP contribution in [-0.2, 0) is 11.3 Å². The smallest absolute Gasteiger partial charge is 0.328 e. The highest BCUT2D eigenvalue weighted by Crippen LogP contribution is 2.28. The molecule has 0 radical (unpaired) electrons. The lowest BCUT2D eigenvalue weighted by Crippen LogP contribution is -2.52. The van der Waals surface area contributed by atoms with E-state index in [-0.39, 0.29) is 30.3 Å². The van der Waals surface area contributed by atoms with Gasteiger partial charge in [0.1, 0.15) is 23.3 Å². The van der Waals surface area contributed by atoms with Crippen LogP contribution in [-0.4, -0.2) is 49.3 Å². The number of rotatable bonds is 2. The summed E-state index contributed by atoms with van der Waals surface area (Å²) in [6.07, 6.45) is 8.05. The molecule has 3 N–H and O–H groups in total. The first-order valence-electron chi connectivity index (χ1n) is 11.0. The third-order valence-electron chi connectivity index (χ3n) is 6.24.